The van der Waals surface area contributed by atoms with Crippen LogP contribution < -0.4 is 0 Å². The topological polar surface area (TPSA) is 96.0 Å². The van der Waals surface area contributed by atoms with Gasteiger partial charge in [0.05, 0.1) is 12.5 Å². The number of hydrogen-bond donors (Lipinski definition) is 0. The van der Waals surface area contributed by atoms with Crippen molar-refractivity contribution >= 4 is 23.9 Å². The smallest absolute Gasteiger partial charge is 0.332 e. The highest BCUT2D eigenvalue weighted by molar-refractivity contribution is 6.06. The number of esters is 4. The third kappa shape index (κ3) is 2.07. The van der Waals surface area contributed by atoms with Crippen molar-refractivity contribution in [1.29, 1.82) is 0 Å². The Balaban J connectivity index is 1.97. The summed E-state index contributed by atoms with van der Waals surface area (Å²) >= 11 is 0. The SMILES string of the molecule is O=C1OC=CC1C(=O)OC(=O)C1C=COC1=O. The summed E-state index contributed by atoms with van der Waals surface area (Å²) in [6.07, 6.45) is 4.37. The fraction of sp³-hybridized carbons (Fsp3) is 0.200. The van der Waals surface area contributed by atoms with Crippen LogP contribution in [0.5, 0.6) is 0 Å². The third-order valence-electron chi connectivity index (χ3n) is 2.13. The Hall–Kier alpha value is -2.44. The second kappa shape index (κ2) is 4.20. The zero-order chi connectivity index (χ0) is 12.4. The van der Waals surface area contributed by atoms with E-state index in [2.05, 4.69) is 14.2 Å². The molecule has 17 heavy (non-hydrogen) atoms. The first-order valence-electron chi connectivity index (χ1n) is 4.59. The molecule has 0 aromatic rings. The van der Waals surface area contributed by atoms with Gasteiger partial charge in [0.25, 0.3) is 0 Å². The maximum atomic E-state index is 11.4. The van der Waals surface area contributed by atoms with E-state index >= 15 is 0 Å². The lowest BCUT2D eigenvalue weighted by Crippen LogP contribution is -2.29. The van der Waals surface area contributed by atoms with Crippen LogP contribution in [-0.2, 0) is 33.4 Å². The predicted molar refractivity (Wildman–Crippen MR) is 48.5 cm³/mol. The highest BCUT2D eigenvalue weighted by atomic mass is 16.6. The van der Waals surface area contributed by atoms with E-state index in [1.165, 1.54) is 0 Å². The summed E-state index contributed by atoms with van der Waals surface area (Å²) in [5.74, 6) is -6.34. The molecule has 0 aromatic heterocycles. The van der Waals surface area contributed by atoms with Gasteiger partial charge in [-0.05, 0) is 12.2 Å². The number of hydrogen-bond acceptors (Lipinski definition) is 7. The molecule has 0 fully saturated rings. The van der Waals surface area contributed by atoms with Crippen molar-refractivity contribution in [1.82, 2.24) is 0 Å². The molecule has 0 bridgehead atoms. The van der Waals surface area contributed by atoms with E-state index in [-0.39, 0.29) is 0 Å². The average Bonchev–Trinajstić information content (AvgIpc) is 2.86. The quantitative estimate of drug-likeness (QED) is 0.361. The van der Waals surface area contributed by atoms with E-state index in [4.69, 9.17) is 0 Å². The van der Waals surface area contributed by atoms with Crippen LogP contribution in [0.1, 0.15) is 0 Å². The molecule has 2 aliphatic heterocycles. The molecule has 0 spiro atoms. The standard InChI is InChI=1S/C10H6O7/c11-7-5(1-3-15-7)9(13)17-10(14)6-2-4-16-8(6)12/h1-6H. The van der Waals surface area contributed by atoms with Crippen LogP contribution in [-0.4, -0.2) is 23.9 Å². The number of ether oxygens (including phenoxy) is 3. The Labute approximate surface area is 94.6 Å². The fourth-order valence-electron chi connectivity index (χ4n) is 1.25. The molecule has 0 aromatic carbocycles. The molecular weight excluding hydrogens is 232 g/mol. The second-order valence-corrected chi connectivity index (χ2v) is 3.23. The van der Waals surface area contributed by atoms with Gasteiger partial charge in [0.15, 0.2) is 11.8 Å². The van der Waals surface area contributed by atoms with Gasteiger partial charge in [-0.25, -0.2) is 0 Å². The molecule has 7 nitrogen and oxygen atoms in total. The molecule has 88 valence electrons. The maximum absolute atomic E-state index is 11.4. The van der Waals surface area contributed by atoms with Gasteiger partial charge in [0.2, 0.25) is 0 Å². The number of rotatable bonds is 2. The number of carbonyl (C=O) groups is 4. The summed E-state index contributed by atoms with van der Waals surface area (Å²) in [5, 5.41) is 0. The lowest BCUT2D eigenvalue weighted by Gasteiger charge is -2.06. The summed E-state index contributed by atoms with van der Waals surface area (Å²) < 4.78 is 13.1. The van der Waals surface area contributed by atoms with Crippen molar-refractivity contribution in [2.24, 2.45) is 11.8 Å². The van der Waals surface area contributed by atoms with Crippen LogP contribution in [0.15, 0.2) is 24.7 Å². The van der Waals surface area contributed by atoms with Crippen molar-refractivity contribution in [3.63, 3.8) is 0 Å². The predicted octanol–water partition coefficient (Wildman–Crippen LogP) is -0.570. The molecule has 0 amide bonds. The average molecular weight is 238 g/mol. The minimum Gasteiger partial charge on any atom is -0.434 e. The lowest BCUT2D eigenvalue weighted by atomic mass is 10.1. The first kappa shape index (κ1) is 11.1. The van der Waals surface area contributed by atoms with Crippen LogP contribution in [0.25, 0.3) is 0 Å². The van der Waals surface area contributed by atoms with Gasteiger partial charge in [0.1, 0.15) is 0 Å². The summed E-state index contributed by atoms with van der Waals surface area (Å²) in [7, 11) is 0. The third-order valence-corrected chi connectivity index (χ3v) is 2.13. The molecule has 0 saturated carbocycles. The van der Waals surface area contributed by atoms with E-state index in [1.54, 1.807) is 0 Å². The van der Waals surface area contributed by atoms with E-state index in [0.29, 0.717) is 0 Å². The van der Waals surface area contributed by atoms with Crippen LogP contribution in [0, 0.1) is 11.8 Å². The second-order valence-electron chi connectivity index (χ2n) is 3.23. The first-order valence-corrected chi connectivity index (χ1v) is 4.59. The normalized spacial score (nSPS) is 25.6. The Kier molecular flexibility index (Phi) is 2.73. The molecule has 7 heteroatoms. The van der Waals surface area contributed by atoms with Crippen molar-refractivity contribution in [3.05, 3.63) is 24.7 Å². The minimum absolute atomic E-state index is 0.827. The molecule has 2 heterocycles. The number of carbonyl (C=O) groups excluding carboxylic acids is 4. The fourth-order valence-corrected chi connectivity index (χ4v) is 1.25. The Morgan fingerprint density at radius 2 is 1.35 bits per heavy atom. The van der Waals surface area contributed by atoms with E-state index in [0.717, 1.165) is 24.7 Å². The summed E-state index contributed by atoms with van der Waals surface area (Å²) in [6, 6.07) is 0. The van der Waals surface area contributed by atoms with Crippen molar-refractivity contribution < 1.29 is 33.4 Å². The Bertz CT molecular complexity index is 417. The van der Waals surface area contributed by atoms with Gasteiger partial charge >= 0.3 is 23.9 Å². The summed E-state index contributed by atoms with van der Waals surface area (Å²) in [5.41, 5.74) is 0. The van der Waals surface area contributed by atoms with Gasteiger partial charge in [-0.3, -0.25) is 19.2 Å². The Morgan fingerprint density at radius 3 is 1.65 bits per heavy atom. The van der Waals surface area contributed by atoms with Crippen LogP contribution >= 0.6 is 0 Å². The molecular formula is C10H6O7. The maximum Gasteiger partial charge on any atom is 0.332 e. The summed E-state index contributed by atoms with van der Waals surface area (Å²) in [6.45, 7) is 0. The van der Waals surface area contributed by atoms with E-state index in [1.807, 2.05) is 0 Å². The van der Waals surface area contributed by atoms with Crippen LogP contribution in [0.2, 0.25) is 0 Å². The van der Waals surface area contributed by atoms with Gasteiger partial charge < -0.3 is 14.2 Å². The van der Waals surface area contributed by atoms with Gasteiger partial charge in [-0.2, -0.15) is 0 Å². The van der Waals surface area contributed by atoms with E-state index < -0.39 is 35.7 Å². The molecule has 0 aliphatic carbocycles. The molecule has 0 N–H and O–H groups in total. The molecule has 2 aliphatic rings. The molecule has 2 rings (SSSR count). The number of cyclic esters (lactones) is 2. The van der Waals surface area contributed by atoms with Gasteiger partial charge in [-0.15, -0.1) is 0 Å². The van der Waals surface area contributed by atoms with Crippen LogP contribution in [0.4, 0.5) is 0 Å². The largest absolute Gasteiger partial charge is 0.434 e. The lowest BCUT2D eigenvalue weighted by molar-refractivity contribution is -0.167. The zero-order valence-electron chi connectivity index (χ0n) is 8.32. The van der Waals surface area contributed by atoms with Gasteiger partial charge in [0, 0.05) is 0 Å². The molecule has 0 saturated heterocycles. The van der Waals surface area contributed by atoms with Crippen LogP contribution in [0.3, 0.4) is 0 Å². The molecule has 0 radical (unpaired) electrons. The van der Waals surface area contributed by atoms with Gasteiger partial charge in [-0.1, -0.05) is 0 Å². The minimum atomic E-state index is -1.26. The zero-order valence-corrected chi connectivity index (χ0v) is 8.32. The summed E-state index contributed by atoms with van der Waals surface area (Å²) in [4.78, 5) is 44.7. The molecule has 2 atom stereocenters. The Morgan fingerprint density at radius 1 is 0.941 bits per heavy atom. The van der Waals surface area contributed by atoms with Crippen molar-refractivity contribution in [2.45, 2.75) is 0 Å². The van der Waals surface area contributed by atoms with Crippen molar-refractivity contribution in [2.75, 3.05) is 0 Å². The van der Waals surface area contributed by atoms with E-state index in [9.17, 15) is 19.2 Å². The van der Waals surface area contributed by atoms with Crippen molar-refractivity contribution in [3.8, 4) is 0 Å². The molecule has 2 unspecified atom stereocenters. The highest BCUT2D eigenvalue weighted by Crippen LogP contribution is 2.16. The first-order chi connectivity index (χ1) is 8.09. The highest BCUT2D eigenvalue weighted by Gasteiger charge is 2.37. The monoisotopic (exact) mass is 238 g/mol.